The molecule has 1 saturated heterocycles. The summed E-state index contributed by atoms with van der Waals surface area (Å²) in [5, 5.41) is 11.5. The molecule has 1 aromatic heterocycles. The standard InChI is InChI=1S/C25H25N5O2/c1-2-3-13-29-23(28-12-6-8-20(27)17-28)14-24(31)30(25(29)32)16-19-11-10-18-7-4-5-9-21(18)22(19)15-26/h4-5,7,9-11,14,20H,6,8,12-13,16-17,27H2,1H3/t20-/m1/s1. The van der Waals surface area contributed by atoms with E-state index in [0.717, 1.165) is 30.2 Å². The number of nitriles is 1. The van der Waals surface area contributed by atoms with Crippen LogP contribution in [0.2, 0.25) is 0 Å². The van der Waals surface area contributed by atoms with Crippen molar-refractivity contribution in [2.45, 2.75) is 38.9 Å². The van der Waals surface area contributed by atoms with Crippen LogP contribution < -0.4 is 21.9 Å². The maximum absolute atomic E-state index is 13.4. The zero-order valence-electron chi connectivity index (χ0n) is 18.0. The molecule has 162 valence electrons. The molecular formula is C25H25N5O2. The number of benzene rings is 2. The summed E-state index contributed by atoms with van der Waals surface area (Å²) >= 11 is 0. The first-order valence-electron chi connectivity index (χ1n) is 10.7. The highest BCUT2D eigenvalue weighted by Crippen LogP contribution is 2.22. The molecule has 0 unspecified atom stereocenters. The first kappa shape index (κ1) is 21.4. The molecule has 7 heteroatoms. The van der Waals surface area contributed by atoms with Gasteiger partial charge in [0.2, 0.25) is 0 Å². The van der Waals surface area contributed by atoms with E-state index in [1.807, 2.05) is 35.2 Å². The van der Waals surface area contributed by atoms with Crippen molar-refractivity contribution in [3.8, 4) is 17.9 Å². The second-order valence-electron chi connectivity index (χ2n) is 8.00. The van der Waals surface area contributed by atoms with Crippen LogP contribution in [0.25, 0.3) is 10.8 Å². The molecule has 0 amide bonds. The second kappa shape index (κ2) is 9.13. The summed E-state index contributed by atoms with van der Waals surface area (Å²) in [6.07, 6.45) is 1.83. The summed E-state index contributed by atoms with van der Waals surface area (Å²) in [7, 11) is 0. The number of aromatic nitrogens is 2. The highest BCUT2D eigenvalue weighted by molar-refractivity contribution is 5.89. The lowest BCUT2D eigenvalue weighted by molar-refractivity contribution is 0.491. The second-order valence-corrected chi connectivity index (χ2v) is 8.00. The number of hydrogen-bond donors (Lipinski definition) is 1. The van der Waals surface area contributed by atoms with Crippen LogP contribution in [-0.2, 0) is 13.1 Å². The van der Waals surface area contributed by atoms with Crippen LogP contribution in [0.1, 0.15) is 30.9 Å². The van der Waals surface area contributed by atoms with E-state index in [9.17, 15) is 14.9 Å². The zero-order valence-corrected chi connectivity index (χ0v) is 18.0. The summed E-state index contributed by atoms with van der Waals surface area (Å²) in [5.41, 5.74) is 6.39. The molecule has 0 spiro atoms. The molecule has 0 radical (unpaired) electrons. The van der Waals surface area contributed by atoms with Crippen LogP contribution in [0, 0.1) is 23.2 Å². The predicted molar refractivity (Wildman–Crippen MR) is 126 cm³/mol. The average Bonchev–Trinajstić information content (AvgIpc) is 2.80. The largest absolute Gasteiger partial charge is 0.356 e. The van der Waals surface area contributed by atoms with Gasteiger partial charge in [0, 0.05) is 25.2 Å². The number of anilines is 1. The fourth-order valence-electron chi connectivity index (χ4n) is 4.29. The van der Waals surface area contributed by atoms with Crippen molar-refractivity contribution in [2.75, 3.05) is 18.0 Å². The first-order chi connectivity index (χ1) is 15.5. The van der Waals surface area contributed by atoms with Gasteiger partial charge in [-0.1, -0.05) is 42.3 Å². The van der Waals surface area contributed by atoms with Gasteiger partial charge in [-0.3, -0.25) is 13.9 Å². The number of piperidine rings is 1. The van der Waals surface area contributed by atoms with Crippen molar-refractivity contribution in [2.24, 2.45) is 5.73 Å². The molecule has 1 aliphatic rings. The fourth-order valence-corrected chi connectivity index (χ4v) is 4.29. The molecule has 4 rings (SSSR count). The van der Waals surface area contributed by atoms with Crippen LogP contribution in [0.3, 0.4) is 0 Å². The van der Waals surface area contributed by atoms with Gasteiger partial charge in [-0.15, -0.1) is 5.92 Å². The van der Waals surface area contributed by atoms with Gasteiger partial charge in [-0.05, 0) is 36.1 Å². The van der Waals surface area contributed by atoms with E-state index >= 15 is 0 Å². The maximum Gasteiger partial charge on any atom is 0.333 e. The van der Waals surface area contributed by atoms with Gasteiger partial charge in [0.1, 0.15) is 11.9 Å². The summed E-state index contributed by atoms with van der Waals surface area (Å²) in [6, 6.07) is 15.0. The van der Waals surface area contributed by atoms with Gasteiger partial charge < -0.3 is 10.6 Å². The number of rotatable bonds is 4. The van der Waals surface area contributed by atoms with E-state index in [2.05, 4.69) is 17.9 Å². The Morgan fingerprint density at radius 1 is 1.16 bits per heavy atom. The molecule has 2 N–H and O–H groups in total. The van der Waals surface area contributed by atoms with E-state index in [4.69, 9.17) is 5.73 Å². The molecular weight excluding hydrogens is 402 g/mol. The third-order valence-electron chi connectivity index (χ3n) is 5.91. The minimum Gasteiger partial charge on any atom is -0.356 e. The van der Waals surface area contributed by atoms with Gasteiger partial charge in [0.25, 0.3) is 5.56 Å². The third kappa shape index (κ3) is 4.03. The Kier molecular flexibility index (Phi) is 6.11. The third-order valence-corrected chi connectivity index (χ3v) is 5.91. The Labute approximate surface area is 186 Å². The van der Waals surface area contributed by atoms with Gasteiger partial charge >= 0.3 is 5.69 Å². The molecule has 32 heavy (non-hydrogen) atoms. The van der Waals surface area contributed by atoms with E-state index in [0.29, 0.717) is 23.5 Å². The fraction of sp³-hybridized carbons (Fsp3) is 0.320. The number of nitrogens with zero attached hydrogens (tertiary/aromatic N) is 4. The predicted octanol–water partition coefficient (Wildman–Crippen LogP) is 2.03. The smallest absolute Gasteiger partial charge is 0.333 e. The lowest BCUT2D eigenvalue weighted by Gasteiger charge is -2.33. The topological polar surface area (TPSA) is 97.0 Å². The van der Waals surface area contributed by atoms with Crippen molar-refractivity contribution < 1.29 is 0 Å². The molecule has 3 aromatic rings. The normalized spacial score (nSPS) is 15.8. The minimum atomic E-state index is -0.438. The highest BCUT2D eigenvalue weighted by atomic mass is 16.2. The Balaban J connectivity index is 1.83. The van der Waals surface area contributed by atoms with Gasteiger partial charge in [-0.2, -0.15) is 5.26 Å². The first-order valence-corrected chi connectivity index (χ1v) is 10.7. The number of fused-ring (bicyclic) bond motifs is 1. The summed E-state index contributed by atoms with van der Waals surface area (Å²) < 4.78 is 2.71. The van der Waals surface area contributed by atoms with Crippen LogP contribution in [0.15, 0.2) is 52.1 Å². The Morgan fingerprint density at radius 3 is 2.72 bits per heavy atom. The Hall–Kier alpha value is -3.81. The molecule has 0 aliphatic carbocycles. The minimum absolute atomic E-state index is 0.00257. The summed E-state index contributed by atoms with van der Waals surface area (Å²) in [6.45, 7) is 3.24. The zero-order chi connectivity index (χ0) is 22.7. The van der Waals surface area contributed by atoms with E-state index in [1.165, 1.54) is 15.2 Å². The van der Waals surface area contributed by atoms with E-state index in [1.54, 1.807) is 13.0 Å². The van der Waals surface area contributed by atoms with Gasteiger partial charge in [-0.25, -0.2) is 4.79 Å². The molecule has 1 aliphatic heterocycles. The van der Waals surface area contributed by atoms with Crippen molar-refractivity contribution in [3.63, 3.8) is 0 Å². The van der Waals surface area contributed by atoms with Crippen LogP contribution in [0.4, 0.5) is 5.82 Å². The maximum atomic E-state index is 13.4. The number of nitrogens with two attached hydrogens (primary N) is 1. The summed E-state index contributed by atoms with van der Waals surface area (Å²) in [4.78, 5) is 28.5. The average molecular weight is 428 g/mol. The van der Waals surface area contributed by atoms with Crippen molar-refractivity contribution in [1.29, 1.82) is 5.26 Å². The Bertz CT molecular complexity index is 1380. The van der Waals surface area contributed by atoms with Crippen LogP contribution in [0.5, 0.6) is 0 Å². The van der Waals surface area contributed by atoms with Crippen molar-refractivity contribution >= 4 is 16.6 Å². The molecule has 0 bridgehead atoms. The van der Waals surface area contributed by atoms with Crippen LogP contribution >= 0.6 is 0 Å². The van der Waals surface area contributed by atoms with Crippen LogP contribution in [-0.4, -0.2) is 28.3 Å². The highest BCUT2D eigenvalue weighted by Gasteiger charge is 2.22. The van der Waals surface area contributed by atoms with Gasteiger partial charge in [0.05, 0.1) is 18.7 Å². The monoisotopic (exact) mass is 427 g/mol. The van der Waals surface area contributed by atoms with Crippen molar-refractivity contribution in [1.82, 2.24) is 9.13 Å². The SMILES string of the molecule is CC#CCn1c(N2CCC[C@@H](N)C2)cc(=O)n(Cc2ccc3ccccc3c2C#N)c1=O. The van der Waals surface area contributed by atoms with E-state index < -0.39 is 11.2 Å². The van der Waals surface area contributed by atoms with Crippen molar-refractivity contribution in [3.05, 3.63) is 74.4 Å². The lowest BCUT2D eigenvalue weighted by Crippen LogP contribution is -2.48. The molecule has 0 saturated carbocycles. The number of hydrogen-bond acceptors (Lipinski definition) is 5. The lowest BCUT2D eigenvalue weighted by atomic mass is 10.00. The van der Waals surface area contributed by atoms with Gasteiger partial charge in [0.15, 0.2) is 0 Å². The molecule has 1 fully saturated rings. The molecule has 2 aromatic carbocycles. The molecule has 2 heterocycles. The quantitative estimate of drug-likeness (QED) is 0.643. The Morgan fingerprint density at radius 2 is 1.97 bits per heavy atom. The molecule has 1 atom stereocenters. The molecule has 7 nitrogen and oxygen atoms in total. The summed E-state index contributed by atoms with van der Waals surface area (Å²) in [5.74, 6) is 6.31. The van der Waals surface area contributed by atoms with E-state index in [-0.39, 0.29) is 19.1 Å².